The Morgan fingerprint density at radius 1 is 1.04 bits per heavy atom. The lowest BCUT2D eigenvalue weighted by Gasteiger charge is -2.25. The molecule has 6 heteroatoms. The lowest BCUT2D eigenvalue weighted by Crippen LogP contribution is -2.41. The molecule has 0 aliphatic carbocycles. The number of carbonyl (C=O) groups excluding carboxylic acids is 1. The van der Waals surface area contributed by atoms with Crippen LogP contribution < -0.4 is 9.62 Å². The minimum atomic E-state index is -3.58. The number of benzene rings is 2. The number of rotatable bonds is 8. The maximum Gasteiger partial charge on any atom is 0.241 e. The van der Waals surface area contributed by atoms with Gasteiger partial charge in [0.1, 0.15) is 6.54 Å². The molecule has 0 aromatic heterocycles. The Balaban J connectivity index is 2.19. The summed E-state index contributed by atoms with van der Waals surface area (Å²) in [6, 6.07) is 16.7. The molecule has 5 nitrogen and oxygen atoms in total. The second-order valence-corrected chi connectivity index (χ2v) is 9.17. The number of anilines is 1. The van der Waals surface area contributed by atoms with Gasteiger partial charge in [-0.25, -0.2) is 8.42 Å². The molecule has 0 aliphatic rings. The van der Waals surface area contributed by atoms with Crippen molar-refractivity contribution < 1.29 is 13.2 Å². The Bertz CT molecular complexity index is 847. The van der Waals surface area contributed by atoms with Gasteiger partial charge >= 0.3 is 0 Å². The van der Waals surface area contributed by atoms with Crippen LogP contribution >= 0.6 is 0 Å². The number of hydrogen-bond donors (Lipinski definition) is 1. The van der Waals surface area contributed by atoms with E-state index in [0.717, 1.165) is 28.1 Å². The highest BCUT2D eigenvalue weighted by atomic mass is 32.2. The molecule has 1 atom stereocenters. The summed E-state index contributed by atoms with van der Waals surface area (Å²) < 4.78 is 25.6. The molecule has 1 amide bonds. The Kier molecular flexibility index (Phi) is 7.02. The van der Waals surface area contributed by atoms with Crippen LogP contribution in [0.1, 0.15) is 37.4 Å². The molecule has 0 radical (unpaired) electrons. The van der Waals surface area contributed by atoms with Crippen molar-refractivity contribution in [1.29, 1.82) is 0 Å². The number of hydrogen-bond acceptors (Lipinski definition) is 3. The van der Waals surface area contributed by atoms with Gasteiger partial charge in [-0.2, -0.15) is 0 Å². The topological polar surface area (TPSA) is 66.5 Å². The molecule has 27 heavy (non-hydrogen) atoms. The normalized spacial score (nSPS) is 12.6. The SMILES string of the molecule is Cc1ccc(N(CC(=O)N[C@@H](CC(C)C)c2ccccc2)S(C)(=O)=O)cc1. The lowest BCUT2D eigenvalue weighted by molar-refractivity contribution is -0.120. The fraction of sp³-hybridized carbons (Fsp3) is 0.381. The Morgan fingerprint density at radius 2 is 1.63 bits per heavy atom. The molecule has 0 heterocycles. The Hall–Kier alpha value is -2.34. The third-order valence-corrected chi connectivity index (χ3v) is 5.39. The van der Waals surface area contributed by atoms with E-state index in [0.29, 0.717) is 11.6 Å². The average molecular weight is 389 g/mol. The van der Waals surface area contributed by atoms with Gasteiger partial charge in [0.15, 0.2) is 0 Å². The van der Waals surface area contributed by atoms with Crippen LogP contribution in [0.5, 0.6) is 0 Å². The van der Waals surface area contributed by atoms with Gasteiger partial charge in [-0.1, -0.05) is 61.9 Å². The predicted molar refractivity (Wildman–Crippen MR) is 110 cm³/mol. The van der Waals surface area contributed by atoms with E-state index in [4.69, 9.17) is 0 Å². The van der Waals surface area contributed by atoms with Crippen molar-refractivity contribution in [3.05, 3.63) is 65.7 Å². The highest BCUT2D eigenvalue weighted by Crippen LogP contribution is 2.22. The number of sulfonamides is 1. The number of nitrogens with one attached hydrogen (secondary N) is 1. The Morgan fingerprint density at radius 3 is 2.15 bits per heavy atom. The molecule has 2 rings (SSSR count). The monoisotopic (exact) mass is 388 g/mol. The van der Waals surface area contributed by atoms with Crippen LogP contribution in [0.4, 0.5) is 5.69 Å². The maximum absolute atomic E-state index is 12.7. The fourth-order valence-corrected chi connectivity index (χ4v) is 3.77. The van der Waals surface area contributed by atoms with Crippen molar-refractivity contribution in [2.45, 2.75) is 33.2 Å². The summed E-state index contributed by atoms with van der Waals surface area (Å²) in [7, 11) is -3.58. The number of carbonyl (C=O) groups is 1. The summed E-state index contributed by atoms with van der Waals surface area (Å²) in [4.78, 5) is 12.7. The molecule has 0 unspecified atom stereocenters. The maximum atomic E-state index is 12.7. The quantitative estimate of drug-likeness (QED) is 0.750. The molecule has 0 bridgehead atoms. The first-order valence-electron chi connectivity index (χ1n) is 9.05. The molecular formula is C21H28N2O3S. The standard InChI is InChI=1S/C21H28N2O3S/c1-16(2)14-20(18-8-6-5-7-9-18)22-21(24)15-23(27(4,25)26)19-12-10-17(3)11-13-19/h5-13,16,20H,14-15H2,1-4H3,(H,22,24)/t20-/m0/s1. The van der Waals surface area contributed by atoms with Gasteiger partial charge in [0.2, 0.25) is 15.9 Å². The summed E-state index contributed by atoms with van der Waals surface area (Å²) in [6.07, 6.45) is 1.89. The summed E-state index contributed by atoms with van der Waals surface area (Å²) >= 11 is 0. The minimum absolute atomic E-state index is 0.155. The lowest BCUT2D eigenvalue weighted by atomic mass is 9.97. The van der Waals surface area contributed by atoms with Crippen molar-refractivity contribution in [2.24, 2.45) is 5.92 Å². The largest absolute Gasteiger partial charge is 0.348 e. The molecule has 0 saturated carbocycles. The predicted octanol–water partition coefficient (Wildman–Crippen LogP) is 3.66. The molecule has 0 aliphatic heterocycles. The van der Waals surface area contributed by atoms with E-state index in [9.17, 15) is 13.2 Å². The zero-order valence-electron chi connectivity index (χ0n) is 16.3. The fourth-order valence-electron chi connectivity index (χ4n) is 2.92. The van der Waals surface area contributed by atoms with Crippen molar-refractivity contribution in [3.63, 3.8) is 0 Å². The average Bonchev–Trinajstić information content (AvgIpc) is 2.59. The van der Waals surface area contributed by atoms with Crippen LogP contribution in [-0.4, -0.2) is 27.1 Å². The van der Waals surface area contributed by atoms with Crippen LogP contribution in [0.15, 0.2) is 54.6 Å². The molecule has 2 aromatic rings. The number of nitrogens with zero attached hydrogens (tertiary/aromatic N) is 1. The van der Waals surface area contributed by atoms with Gasteiger partial charge < -0.3 is 5.32 Å². The second-order valence-electron chi connectivity index (χ2n) is 7.27. The summed E-state index contributed by atoms with van der Waals surface area (Å²) in [5, 5.41) is 3.00. The van der Waals surface area contributed by atoms with Gasteiger partial charge in [0.05, 0.1) is 18.0 Å². The molecule has 0 fully saturated rings. The van der Waals surface area contributed by atoms with Gasteiger partial charge in [0, 0.05) is 0 Å². The highest BCUT2D eigenvalue weighted by molar-refractivity contribution is 7.92. The summed E-state index contributed by atoms with van der Waals surface area (Å²) in [6.45, 7) is 5.87. The third-order valence-electron chi connectivity index (χ3n) is 4.25. The first-order valence-corrected chi connectivity index (χ1v) is 10.9. The van der Waals surface area contributed by atoms with E-state index < -0.39 is 10.0 Å². The van der Waals surface area contributed by atoms with Crippen LogP contribution in [-0.2, 0) is 14.8 Å². The van der Waals surface area contributed by atoms with E-state index in [-0.39, 0.29) is 18.5 Å². The van der Waals surface area contributed by atoms with Crippen LogP contribution in [0.2, 0.25) is 0 Å². The van der Waals surface area contributed by atoms with Crippen molar-refractivity contribution >= 4 is 21.6 Å². The third kappa shape index (κ3) is 6.40. The van der Waals surface area contributed by atoms with Crippen LogP contribution in [0.25, 0.3) is 0 Å². The smallest absolute Gasteiger partial charge is 0.241 e. The first-order chi connectivity index (χ1) is 12.7. The highest BCUT2D eigenvalue weighted by Gasteiger charge is 2.23. The first kappa shape index (κ1) is 21.0. The van der Waals surface area contributed by atoms with Gasteiger partial charge in [-0.15, -0.1) is 0 Å². The van der Waals surface area contributed by atoms with Crippen LogP contribution in [0, 0.1) is 12.8 Å². The van der Waals surface area contributed by atoms with E-state index in [1.165, 1.54) is 0 Å². The number of amides is 1. The molecule has 2 aromatic carbocycles. The molecule has 1 N–H and O–H groups in total. The van der Waals surface area contributed by atoms with E-state index >= 15 is 0 Å². The molecule has 146 valence electrons. The molecule has 0 spiro atoms. The number of aryl methyl sites for hydroxylation is 1. The minimum Gasteiger partial charge on any atom is -0.348 e. The molecule has 0 saturated heterocycles. The van der Waals surface area contributed by atoms with Crippen molar-refractivity contribution in [2.75, 3.05) is 17.1 Å². The van der Waals surface area contributed by atoms with Gasteiger partial charge in [0.25, 0.3) is 0 Å². The van der Waals surface area contributed by atoms with Crippen LogP contribution in [0.3, 0.4) is 0 Å². The second kappa shape index (κ2) is 9.04. The zero-order valence-corrected chi connectivity index (χ0v) is 17.2. The zero-order chi connectivity index (χ0) is 20.0. The van der Waals surface area contributed by atoms with E-state index in [1.54, 1.807) is 12.1 Å². The van der Waals surface area contributed by atoms with E-state index in [1.807, 2.05) is 49.4 Å². The summed E-state index contributed by atoms with van der Waals surface area (Å²) in [5.74, 6) is 0.0640. The van der Waals surface area contributed by atoms with Gasteiger partial charge in [-0.05, 0) is 37.0 Å². The Labute approximate surface area is 162 Å². The van der Waals surface area contributed by atoms with Crippen molar-refractivity contribution in [1.82, 2.24) is 5.32 Å². The van der Waals surface area contributed by atoms with Crippen molar-refractivity contribution in [3.8, 4) is 0 Å². The molecular weight excluding hydrogens is 360 g/mol. The van der Waals surface area contributed by atoms with Gasteiger partial charge in [-0.3, -0.25) is 9.10 Å². The summed E-state index contributed by atoms with van der Waals surface area (Å²) in [5.41, 5.74) is 2.52. The van der Waals surface area contributed by atoms with E-state index in [2.05, 4.69) is 19.2 Å².